The average Bonchev–Trinajstić information content (AvgIpc) is 2.69. The van der Waals surface area contributed by atoms with Crippen molar-refractivity contribution in [3.8, 4) is 5.88 Å². The second-order valence-electron chi connectivity index (χ2n) is 7.01. The third-order valence-corrected chi connectivity index (χ3v) is 6.11. The van der Waals surface area contributed by atoms with Crippen LogP contribution in [0.15, 0.2) is 18.6 Å². The summed E-state index contributed by atoms with van der Waals surface area (Å²) in [6, 6.07) is 0. The van der Waals surface area contributed by atoms with Gasteiger partial charge in [-0.25, -0.2) is 9.55 Å². The highest BCUT2D eigenvalue weighted by Crippen LogP contribution is 2.50. The zero-order chi connectivity index (χ0) is 20.0. The minimum Gasteiger partial charge on any atom is -0.384 e. The lowest BCUT2D eigenvalue weighted by atomic mass is 10.0. The number of aromatic nitrogens is 2. The molecule has 6 nitrogen and oxygen atoms in total. The molecule has 0 amide bonds. The molecule has 0 saturated heterocycles. The fraction of sp³-hybridized carbons (Fsp3) is 0.800. The Bertz CT molecular complexity index is 506. The molecule has 1 rings (SSSR count). The number of hydrogen-bond donors (Lipinski definition) is 0. The fourth-order valence-corrected chi connectivity index (χ4v) is 4.02. The number of unbranched alkanes of at least 4 members (excludes halogenated alkanes) is 2. The Morgan fingerprint density at radius 1 is 0.926 bits per heavy atom. The molecule has 27 heavy (non-hydrogen) atoms. The van der Waals surface area contributed by atoms with E-state index in [0.29, 0.717) is 25.0 Å². The van der Waals surface area contributed by atoms with Crippen molar-refractivity contribution >= 4 is 7.82 Å². The maximum Gasteiger partial charge on any atom is 0.531 e. The Morgan fingerprint density at radius 2 is 1.48 bits per heavy atom. The van der Waals surface area contributed by atoms with Gasteiger partial charge in [0.1, 0.15) is 0 Å². The molecule has 0 bridgehead atoms. The second kappa shape index (κ2) is 14.1. The molecule has 0 spiro atoms. The second-order valence-corrected chi connectivity index (χ2v) is 8.60. The van der Waals surface area contributed by atoms with Gasteiger partial charge in [0, 0.05) is 12.4 Å². The zero-order valence-electron chi connectivity index (χ0n) is 17.4. The summed E-state index contributed by atoms with van der Waals surface area (Å²) < 4.78 is 30.2. The van der Waals surface area contributed by atoms with Crippen molar-refractivity contribution in [2.24, 2.45) is 11.8 Å². The zero-order valence-corrected chi connectivity index (χ0v) is 18.3. The minimum absolute atomic E-state index is 0.157. The first-order valence-corrected chi connectivity index (χ1v) is 11.9. The fourth-order valence-electron chi connectivity index (χ4n) is 2.73. The van der Waals surface area contributed by atoms with E-state index in [1.807, 2.05) is 0 Å². The lowest BCUT2D eigenvalue weighted by Gasteiger charge is -2.23. The van der Waals surface area contributed by atoms with E-state index in [9.17, 15) is 4.57 Å². The molecule has 0 fully saturated rings. The number of hydrogen-bond acceptors (Lipinski definition) is 6. The maximum atomic E-state index is 13.2. The third-order valence-electron chi connectivity index (χ3n) is 4.77. The Labute approximate surface area is 165 Å². The van der Waals surface area contributed by atoms with Gasteiger partial charge >= 0.3 is 7.82 Å². The van der Waals surface area contributed by atoms with Gasteiger partial charge in [-0.05, 0) is 24.7 Å². The predicted molar refractivity (Wildman–Crippen MR) is 109 cm³/mol. The van der Waals surface area contributed by atoms with Crippen LogP contribution >= 0.6 is 7.82 Å². The molecule has 0 aliphatic heterocycles. The normalized spacial score (nSPS) is 15.9. The lowest BCUT2D eigenvalue weighted by molar-refractivity contribution is 0.114. The largest absolute Gasteiger partial charge is 0.531 e. The van der Waals surface area contributed by atoms with E-state index in [0.717, 1.165) is 51.4 Å². The van der Waals surface area contributed by atoms with Gasteiger partial charge in [-0.2, -0.15) is 0 Å². The molecule has 0 aromatic carbocycles. The van der Waals surface area contributed by atoms with Crippen LogP contribution in [0.4, 0.5) is 0 Å². The van der Waals surface area contributed by atoms with Crippen LogP contribution < -0.4 is 4.52 Å². The van der Waals surface area contributed by atoms with Gasteiger partial charge in [0.05, 0.1) is 19.4 Å². The Morgan fingerprint density at radius 3 is 1.89 bits per heavy atom. The Kier molecular flexibility index (Phi) is 12.6. The summed E-state index contributed by atoms with van der Waals surface area (Å²) in [6.45, 7) is 9.30. The number of rotatable bonds is 16. The summed E-state index contributed by atoms with van der Waals surface area (Å²) in [7, 11) is -3.74. The predicted octanol–water partition coefficient (Wildman–Crippen LogP) is 6.43. The van der Waals surface area contributed by atoms with Gasteiger partial charge in [-0.15, -0.1) is 0 Å². The van der Waals surface area contributed by atoms with E-state index in [1.54, 1.807) is 0 Å². The van der Waals surface area contributed by atoms with Crippen LogP contribution in [0, 0.1) is 11.8 Å². The molecule has 1 aromatic heterocycles. The highest BCUT2D eigenvalue weighted by atomic mass is 31.2. The van der Waals surface area contributed by atoms with Crippen molar-refractivity contribution in [1.29, 1.82) is 0 Å². The number of phosphoric acid groups is 1. The monoisotopic (exact) mass is 400 g/mol. The maximum absolute atomic E-state index is 13.2. The summed E-state index contributed by atoms with van der Waals surface area (Å²) in [5.74, 6) is 0.841. The molecule has 0 saturated carbocycles. The van der Waals surface area contributed by atoms with E-state index >= 15 is 0 Å². The minimum atomic E-state index is -3.74. The number of phosphoric ester groups is 1. The summed E-state index contributed by atoms with van der Waals surface area (Å²) in [5.41, 5.74) is 0. The first-order chi connectivity index (χ1) is 13.1. The summed E-state index contributed by atoms with van der Waals surface area (Å²) >= 11 is 0. The van der Waals surface area contributed by atoms with Crippen LogP contribution in [-0.4, -0.2) is 23.2 Å². The highest BCUT2D eigenvalue weighted by Gasteiger charge is 2.31. The molecular formula is C20H37N2O4P. The SMILES string of the molecule is CCCCC(CC)COP(=O)(OCC(CC)CCCC)Oc1cnccn1. The molecule has 0 N–H and O–H groups in total. The molecule has 0 aliphatic carbocycles. The standard InChI is InChI=1S/C20H37N2O4P/c1-5-9-11-18(7-3)16-24-27(23,26-20-15-21-13-14-22-20)25-17-19(8-4)12-10-6-2/h13-15,18-19H,5-12,16-17H2,1-4H3. The lowest BCUT2D eigenvalue weighted by Crippen LogP contribution is -2.14. The van der Waals surface area contributed by atoms with Crippen molar-refractivity contribution in [3.05, 3.63) is 18.6 Å². The van der Waals surface area contributed by atoms with E-state index in [-0.39, 0.29) is 5.88 Å². The molecular weight excluding hydrogens is 363 g/mol. The molecule has 2 unspecified atom stereocenters. The van der Waals surface area contributed by atoms with Gasteiger partial charge in [-0.3, -0.25) is 14.0 Å². The molecule has 1 heterocycles. The van der Waals surface area contributed by atoms with Crippen molar-refractivity contribution in [2.75, 3.05) is 13.2 Å². The van der Waals surface area contributed by atoms with Crippen LogP contribution in [0.1, 0.15) is 79.1 Å². The molecule has 2 atom stereocenters. The van der Waals surface area contributed by atoms with Gasteiger partial charge < -0.3 is 4.52 Å². The van der Waals surface area contributed by atoms with Gasteiger partial charge in [0.15, 0.2) is 0 Å². The van der Waals surface area contributed by atoms with Crippen LogP contribution in [0.5, 0.6) is 5.88 Å². The van der Waals surface area contributed by atoms with Crippen LogP contribution in [0.2, 0.25) is 0 Å². The molecule has 7 heteroatoms. The summed E-state index contributed by atoms with van der Waals surface area (Å²) in [6.07, 6.45) is 13.0. The Balaban J connectivity index is 2.74. The van der Waals surface area contributed by atoms with E-state index in [1.165, 1.54) is 18.6 Å². The quantitative estimate of drug-likeness (QED) is 0.298. The summed E-state index contributed by atoms with van der Waals surface area (Å²) in [4.78, 5) is 7.99. The van der Waals surface area contributed by atoms with Crippen molar-refractivity contribution < 1.29 is 18.1 Å². The van der Waals surface area contributed by atoms with Gasteiger partial charge in [-0.1, -0.05) is 66.2 Å². The van der Waals surface area contributed by atoms with Crippen LogP contribution in [-0.2, 0) is 13.6 Å². The first-order valence-electron chi connectivity index (χ1n) is 10.4. The van der Waals surface area contributed by atoms with Crippen LogP contribution in [0.25, 0.3) is 0 Å². The summed E-state index contributed by atoms with van der Waals surface area (Å²) in [5, 5.41) is 0. The van der Waals surface area contributed by atoms with E-state index in [2.05, 4.69) is 37.7 Å². The topological polar surface area (TPSA) is 70.5 Å². The number of nitrogens with zero attached hydrogens (tertiary/aromatic N) is 2. The van der Waals surface area contributed by atoms with Gasteiger partial charge in [0.25, 0.3) is 0 Å². The van der Waals surface area contributed by atoms with Gasteiger partial charge in [0.2, 0.25) is 5.88 Å². The van der Waals surface area contributed by atoms with Crippen LogP contribution in [0.3, 0.4) is 0 Å². The van der Waals surface area contributed by atoms with Crippen molar-refractivity contribution in [1.82, 2.24) is 9.97 Å². The Hall–Kier alpha value is -0.970. The average molecular weight is 401 g/mol. The molecule has 156 valence electrons. The molecule has 1 aromatic rings. The highest BCUT2D eigenvalue weighted by molar-refractivity contribution is 7.48. The third kappa shape index (κ3) is 10.2. The van der Waals surface area contributed by atoms with E-state index in [4.69, 9.17) is 13.6 Å². The smallest absolute Gasteiger partial charge is 0.384 e. The molecule has 0 radical (unpaired) electrons. The molecule has 0 aliphatic rings. The van der Waals surface area contributed by atoms with Crippen molar-refractivity contribution in [3.63, 3.8) is 0 Å². The van der Waals surface area contributed by atoms with E-state index < -0.39 is 7.82 Å². The van der Waals surface area contributed by atoms with Crippen molar-refractivity contribution in [2.45, 2.75) is 79.1 Å². The first kappa shape index (κ1) is 24.1.